The van der Waals surface area contributed by atoms with Crippen molar-refractivity contribution >= 4 is 16.9 Å². The number of hydrogen-bond donors (Lipinski definition) is 2. The molecule has 0 aliphatic carbocycles. The molecule has 1 fully saturated rings. The number of benzene rings is 1. The maximum Gasteiger partial charge on any atom is 0.254 e. The third kappa shape index (κ3) is 2.05. The summed E-state index contributed by atoms with van der Waals surface area (Å²) >= 11 is 0. The lowest BCUT2D eigenvalue weighted by Crippen LogP contribution is -2.57. The summed E-state index contributed by atoms with van der Waals surface area (Å²) in [5.74, 6) is -0.0207. The van der Waals surface area contributed by atoms with Gasteiger partial charge in [-0.25, -0.2) is 4.98 Å². The van der Waals surface area contributed by atoms with E-state index in [0.29, 0.717) is 24.3 Å². The van der Waals surface area contributed by atoms with Crippen molar-refractivity contribution in [1.82, 2.24) is 20.1 Å². The van der Waals surface area contributed by atoms with E-state index in [0.717, 1.165) is 16.6 Å². The van der Waals surface area contributed by atoms with Gasteiger partial charge in [0.1, 0.15) is 0 Å². The zero-order chi connectivity index (χ0) is 15.1. The van der Waals surface area contributed by atoms with Crippen LogP contribution >= 0.6 is 0 Å². The molecule has 1 aliphatic heterocycles. The molecule has 1 aromatic carbocycles. The third-order valence-electron chi connectivity index (χ3n) is 3.92. The van der Waals surface area contributed by atoms with Gasteiger partial charge in [0.15, 0.2) is 5.65 Å². The fourth-order valence-corrected chi connectivity index (χ4v) is 2.71. The molecule has 3 heterocycles. The first kappa shape index (κ1) is 13.0. The van der Waals surface area contributed by atoms with Crippen molar-refractivity contribution in [1.29, 1.82) is 0 Å². The number of nitrogens with one attached hydrogen (secondary N) is 1. The van der Waals surface area contributed by atoms with Crippen molar-refractivity contribution in [2.75, 3.05) is 13.1 Å². The number of nitrogens with zero attached hydrogens (tertiary/aromatic N) is 3. The van der Waals surface area contributed by atoms with E-state index in [2.05, 4.69) is 15.2 Å². The number of rotatable bonds is 2. The van der Waals surface area contributed by atoms with Crippen molar-refractivity contribution in [2.45, 2.75) is 6.04 Å². The molecular formula is C16H15N5O. The Balaban J connectivity index is 1.83. The summed E-state index contributed by atoms with van der Waals surface area (Å²) < 4.78 is 0. The van der Waals surface area contributed by atoms with Gasteiger partial charge in [0.2, 0.25) is 0 Å². The van der Waals surface area contributed by atoms with Crippen LogP contribution in [0.4, 0.5) is 0 Å². The Morgan fingerprint density at radius 3 is 2.77 bits per heavy atom. The Labute approximate surface area is 127 Å². The van der Waals surface area contributed by atoms with E-state index in [-0.39, 0.29) is 11.9 Å². The van der Waals surface area contributed by atoms with Crippen LogP contribution in [0.5, 0.6) is 0 Å². The Kier molecular flexibility index (Phi) is 2.90. The summed E-state index contributed by atoms with van der Waals surface area (Å²) in [6.07, 6.45) is 1.64. The standard InChI is InChI=1S/C16H15N5O/c17-11-8-21(9-11)16(22)12-6-14(10-4-2-1-3-5-10)19-15-13(12)7-18-20-15/h1-7,11H,8-9,17H2,(H,18,19,20). The van der Waals surface area contributed by atoms with E-state index in [9.17, 15) is 4.79 Å². The Hall–Kier alpha value is -2.73. The predicted octanol–water partition coefficient (Wildman–Crippen LogP) is 1.41. The molecule has 2 aromatic heterocycles. The lowest BCUT2D eigenvalue weighted by molar-refractivity contribution is 0.0610. The topological polar surface area (TPSA) is 87.9 Å². The van der Waals surface area contributed by atoms with E-state index in [1.165, 1.54) is 0 Å². The van der Waals surface area contributed by atoms with Crippen LogP contribution in [0.25, 0.3) is 22.3 Å². The summed E-state index contributed by atoms with van der Waals surface area (Å²) in [5.41, 5.74) is 8.73. The fraction of sp³-hybridized carbons (Fsp3) is 0.188. The number of pyridine rings is 1. The fourth-order valence-electron chi connectivity index (χ4n) is 2.71. The van der Waals surface area contributed by atoms with Crippen molar-refractivity contribution in [3.05, 3.63) is 48.2 Å². The van der Waals surface area contributed by atoms with Gasteiger partial charge in [0.25, 0.3) is 5.91 Å². The number of hydrogen-bond acceptors (Lipinski definition) is 4. The predicted molar refractivity (Wildman–Crippen MR) is 83.2 cm³/mol. The van der Waals surface area contributed by atoms with E-state index in [1.807, 2.05) is 36.4 Å². The molecule has 1 saturated heterocycles. The van der Waals surface area contributed by atoms with Crippen LogP contribution in [0.3, 0.4) is 0 Å². The molecule has 1 amide bonds. The monoisotopic (exact) mass is 293 g/mol. The quantitative estimate of drug-likeness (QED) is 0.747. The first-order valence-electron chi connectivity index (χ1n) is 7.17. The Morgan fingerprint density at radius 1 is 1.27 bits per heavy atom. The van der Waals surface area contributed by atoms with E-state index >= 15 is 0 Å². The van der Waals surface area contributed by atoms with Crippen LogP contribution in [-0.2, 0) is 0 Å². The summed E-state index contributed by atoms with van der Waals surface area (Å²) in [4.78, 5) is 19.0. The maximum absolute atomic E-state index is 12.7. The largest absolute Gasteiger partial charge is 0.335 e. The van der Waals surface area contributed by atoms with Crippen LogP contribution in [0.1, 0.15) is 10.4 Å². The molecule has 4 rings (SSSR count). The molecule has 0 radical (unpaired) electrons. The number of aromatic nitrogens is 3. The minimum absolute atomic E-state index is 0.0207. The van der Waals surface area contributed by atoms with Gasteiger partial charge in [-0.05, 0) is 6.07 Å². The van der Waals surface area contributed by atoms with Crippen molar-refractivity contribution in [2.24, 2.45) is 5.73 Å². The smallest absolute Gasteiger partial charge is 0.254 e. The average Bonchev–Trinajstić information content (AvgIpc) is 2.99. The normalized spacial score (nSPS) is 15.0. The van der Waals surface area contributed by atoms with Gasteiger partial charge in [-0.3, -0.25) is 9.89 Å². The van der Waals surface area contributed by atoms with E-state index < -0.39 is 0 Å². The number of aromatic amines is 1. The second-order valence-electron chi connectivity index (χ2n) is 5.52. The number of nitrogens with two attached hydrogens (primary N) is 1. The van der Waals surface area contributed by atoms with Crippen LogP contribution in [0.2, 0.25) is 0 Å². The molecule has 0 spiro atoms. The van der Waals surface area contributed by atoms with Crippen molar-refractivity contribution < 1.29 is 4.79 Å². The number of likely N-dealkylation sites (tertiary alicyclic amines) is 1. The molecule has 1 aliphatic rings. The van der Waals surface area contributed by atoms with Crippen LogP contribution in [0.15, 0.2) is 42.6 Å². The molecule has 6 nitrogen and oxygen atoms in total. The molecule has 110 valence electrons. The van der Waals surface area contributed by atoms with Gasteiger partial charge >= 0.3 is 0 Å². The minimum Gasteiger partial charge on any atom is -0.335 e. The highest BCUT2D eigenvalue weighted by Crippen LogP contribution is 2.25. The van der Waals surface area contributed by atoms with Gasteiger partial charge in [0, 0.05) is 24.7 Å². The van der Waals surface area contributed by atoms with Crippen molar-refractivity contribution in [3.8, 4) is 11.3 Å². The first-order valence-corrected chi connectivity index (χ1v) is 7.17. The zero-order valence-corrected chi connectivity index (χ0v) is 11.9. The van der Waals surface area contributed by atoms with E-state index in [4.69, 9.17) is 5.73 Å². The average molecular weight is 293 g/mol. The first-order chi connectivity index (χ1) is 10.7. The van der Waals surface area contributed by atoms with Gasteiger partial charge in [-0.1, -0.05) is 30.3 Å². The second-order valence-corrected chi connectivity index (χ2v) is 5.52. The Morgan fingerprint density at radius 2 is 2.05 bits per heavy atom. The summed E-state index contributed by atoms with van der Waals surface area (Å²) in [5, 5.41) is 7.61. The number of H-pyrrole nitrogens is 1. The van der Waals surface area contributed by atoms with E-state index in [1.54, 1.807) is 11.1 Å². The lowest BCUT2D eigenvalue weighted by atomic mass is 10.0. The maximum atomic E-state index is 12.7. The SMILES string of the molecule is NC1CN(C(=O)c2cc(-c3ccccc3)nc3[nH]ncc23)C1. The highest BCUT2D eigenvalue weighted by atomic mass is 16.2. The van der Waals surface area contributed by atoms with Crippen molar-refractivity contribution in [3.63, 3.8) is 0 Å². The highest BCUT2D eigenvalue weighted by molar-refractivity contribution is 6.06. The molecule has 22 heavy (non-hydrogen) atoms. The summed E-state index contributed by atoms with van der Waals surface area (Å²) in [7, 11) is 0. The summed E-state index contributed by atoms with van der Waals surface area (Å²) in [6, 6.07) is 11.7. The zero-order valence-electron chi connectivity index (χ0n) is 11.9. The second kappa shape index (κ2) is 4.92. The molecule has 0 saturated carbocycles. The molecule has 0 bridgehead atoms. The van der Waals surface area contributed by atoms with Gasteiger partial charge < -0.3 is 10.6 Å². The minimum atomic E-state index is -0.0207. The molecule has 3 aromatic rings. The Bertz CT molecular complexity index is 836. The van der Waals surface area contributed by atoms with Crippen LogP contribution in [0, 0.1) is 0 Å². The number of amides is 1. The third-order valence-corrected chi connectivity index (χ3v) is 3.92. The van der Waals surface area contributed by atoms with Crippen LogP contribution in [-0.4, -0.2) is 45.1 Å². The molecule has 0 atom stereocenters. The molecular weight excluding hydrogens is 278 g/mol. The number of carbonyl (C=O) groups is 1. The molecule has 6 heteroatoms. The lowest BCUT2D eigenvalue weighted by Gasteiger charge is -2.37. The van der Waals surface area contributed by atoms with Gasteiger partial charge in [-0.15, -0.1) is 0 Å². The molecule has 0 unspecified atom stereocenters. The molecule has 3 N–H and O–H groups in total. The highest BCUT2D eigenvalue weighted by Gasteiger charge is 2.30. The van der Waals surface area contributed by atoms with Gasteiger partial charge in [0.05, 0.1) is 22.8 Å². The number of fused-ring (bicyclic) bond motifs is 1. The van der Waals surface area contributed by atoms with Gasteiger partial charge in [-0.2, -0.15) is 5.10 Å². The number of carbonyl (C=O) groups excluding carboxylic acids is 1. The summed E-state index contributed by atoms with van der Waals surface area (Å²) in [6.45, 7) is 1.20. The van der Waals surface area contributed by atoms with Crippen LogP contribution < -0.4 is 5.73 Å².